The predicted octanol–water partition coefficient (Wildman–Crippen LogP) is 2.31. The van der Waals surface area contributed by atoms with Crippen LogP contribution in [0, 0.1) is 0 Å². The van der Waals surface area contributed by atoms with Gasteiger partial charge < -0.3 is 5.11 Å². The molecule has 2 aromatic rings. The van der Waals surface area contributed by atoms with Crippen molar-refractivity contribution >= 4 is 29.5 Å². The van der Waals surface area contributed by atoms with Crippen molar-refractivity contribution in [3.05, 3.63) is 36.2 Å². The molecule has 19 heavy (non-hydrogen) atoms. The molecule has 0 radical (unpaired) electrons. The van der Waals surface area contributed by atoms with Gasteiger partial charge in [0.25, 0.3) is 0 Å². The molecule has 0 spiro atoms. The summed E-state index contributed by atoms with van der Waals surface area (Å²) >= 11 is 2.83. The van der Waals surface area contributed by atoms with E-state index in [1.807, 2.05) is 41.2 Å². The van der Waals surface area contributed by atoms with Crippen LogP contribution in [0.4, 0.5) is 0 Å². The van der Waals surface area contributed by atoms with Gasteiger partial charge in [-0.15, -0.1) is 10.2 Å². The fourth-order valence-electron chi connectivity index (χ4n) is 1.58. The van der Waals surface area contributed by atoms with Crippen LogP contribution in [0.25, 0.3) is 5.69 Å². The van der Waals surface area contributed by atoms with Gasteiger partial charge in [0.2, 0.25) is 0 Å². The SMILES string of the molecule is CSCc1nnc(SCC(=O)O)n1-c1ccccc1. The fourth-order valence-corrected chi connectivity index (χ4v) is 2.72. The van der Waals surface area contributed by atoms with E-state index in [0.717, 1.165) is 17.3 Å². The maximum Gasteiger partial charge on any atom is 0.313 e. The average Bonchev–Trinajstić information content (AvgIpc) is 2.81. The molecule has 1 N–H and O–H groups in total. The molecule has 1 heterocycles. The number of nitrogens with zero attached hydrogens (tertiary/aromatic N) is 3. The Morgan fingerprint density at radius 1 is 1.32 bits per heavy atom. The Kier molecular flexibility index (Phi) is 4.86. The molecule has 1 aromatic heterocycles. The molecular formula is C12H13N3O2S2. The minimum absolute atomic E-state index is 0.0236. The number of rotatable bonds is 6. The minimum atomic E-state index is -0.862. The van der Waals surface area contributed by atoms with E-state index in [0.29, 0.717) is 5.16 Å². The van der Waals surface area contributed by atoms with Crippen LogP contribution in [0.5, 0.6) is 0 Å². The van der Waals surface area contributed by atoms with Crippen LogP contribution in [0.15, 0.2) is 35.5 Å². The molecule has 0 atom stereocenters. The van der Waals surface area contributed by atoms with Gasteiger partial charge in [-0.3, -0.25) is 9.36 Å². The lowest BCUT2D eigenvalue weighted by molar-refractivity contribution is -0.133. The Hall–Kier alpha value is -1.47. The Morgan fingerprint density at radius 2 is 2.05 bits per heavy atom. The predicted molar refractivity (Wildman–Crippen MR) is 76.9 cm³/mol. The van der Waals surface area contributed by atoms with E-state index < -0.39 is 5.97 Å². The lowest BCUT2D eigenvalue weighted by Gasteiger charge is -2.08. The van der Waals surface area contributed by atoms with Crippen LogP contribution in [0.1, 0.15) is 5.82 Å². The molecule has 0 fully saturated rings. The topological polar surface area (TPSA) is 68.0 Å². The van der Waals surface area contributed by atoms with Crippen molar-refractivity contribution in [2.75, 3.05) is 12.0 Å². The van der Waals surface area contributed by atoms with E-state index in [9.17, 15) is 4.79 Å². The van der Waals surface area contributed by atoms with Gasteiger partial charge >= 0.3 is 5.97 Å². The Morgan fingerprint density at radius 3 is 2.68 bits per heavy atom. The molecule has 2 rings (SSSR count). The molecule has 0 saturated carbocycles. The molecule has 0 aliphatic heterocycles. The number of carboxylic acid groups (broad SMARTS) is 1. The summed E-state index contributed by atoms with van der Waals surface area (Å²) in [6, 6.07) is 9.72. The second-order valence-electron chi connectivity index (χ2n) is 3.69. The van der Waals surface area contributed by atoms with Crippen LogP contribution in [-0.2, 0) is 10.5 Å². The smallest absolute Gasteiger partial charge is 0.313 e. The highest BCUT2D eigenvalue weighted by Crippen LogP contribution is 2.23. The number of thioether (sulfide) groups is 2. The first-order valence-corrected chi connectivity index (χ1v) is 7.93. The van der Waals surface area contributed by atoms with E-state index in [1.54, 1.807) is 11.8 Å². The number of carboxylic acids is 1. The van der Waals surface area contributed by atoms with Crippen molar-refractivity contribution in [1.82, 2.24) is 14.8 Å². The van der Waals surface area contributed by atoms with Crippen LogP contribution in [-0.4, -0.2) is 37.8 Å². The van der Waals surface area contributed by atoms with Crippen molar-refractivity contribution in [1.29, 1.82) is 0 Å². The highest BCUT2D eigenvalue weighted by Gasteiger charge is 2.14. The molecule has 0 aliphatic carbocycles. The molecule has 0 unspecified atom stereocenters. The second kappa shape index (κ2) is 6.63. The molecular weight excluding hydrogens is 282 g/mol. The van der Waals surface area contributed by atoms with Gasteiger partial charge in [0.05, 0.1) is 11.5 Å². The maximum absolute atomic E-state index is 10.7. The van der Waals surface area contributed by atoms with Crippen LogP contribution >= 0.6 is 23.5 Å². The van der Waals surface area contributed by atoms with Crippen molar-refractivity contribution < 1.29 is 9.90 Å². The van der Waals surface area contributed by atoms with Gasteiger partial charge in [-0.2, -0.15) is 11.8 Å². The summed E-state index contributed by atoms with van der Waals surface area (Å²) in [5.41, 5.74) is 0.949. The number of hydrogen-bond donors (Lipinski definition) is 1. The van der Waals surface area contributed by atoms with Crippen LogP contribution in [0.3, 0.4) is 0 Å². The molecule has 0 saturated heterocycles. The fraction of sp³-hybridized carbons (Fsp3) is 0.250. The zero-order chi connectivity index (χ0) is 13.7. The third kappa shape index (κ3) is 3.51. The van der Waals surface area contributed by atoms with E-state index in [2.05, 4.69) is 10.2 Å². The van der Waals surface area contributed by atoms with Crippen LogP contribution in [0.2, 0.25) is 0 Å². The molecule has 100 valence electrons. The largest absolute Gasteiger partial charge is 0.481 e. The quantitative estimate of drug-likeness (QED) is 0.825. The number of para-hydroxylation sites is 1. The Balaban J connectivity index is 2.36. The lowest BCUT2D eigenvalue weighted by Crippen LogP contribution is -2.04. The van der Waals surface area contributed by atoms with E-state index in [1.165, 1.54) is 11.8 Å². The highest BCUT2D eigenvalue weighted by atomic mass is 32.2. The molecule has 0 amide bonds. The van der Waals surface area contributed by atoms with Crippen LogP contribution < -0.4 is 0 Å². The van der Waals surface area contributed by atoms with Crippen molar-refractivity contribution in [2.24, 2.45) is 0 Å². The highest BCUT2D eigenvalue weighted by molar-refractivity contribution is 7.99. The van der Waals surface area contributed by atoms with Gasteiger partial charge in [-0.1, -0.05) is 30.0 Å². The number of aromatic nitrogens is 3. The van der Waals surface area contributed by atoms with Gasteiger partial charge in [0.15, 0.2) is 5.16 Å². The average molecular weight is 295 g/mol. The normalized spacial score (nSPS) is 10.6. The van der Waals surface area contributed by atoms with E-state index in [-0.39, 0.29) is 5.75 Å². The standard InChI is InChI=1S/C12H13N3O2S2/c1-18-7-10-13-14-12(19-8-11(16)17)15(10)9-5-3-2-4-6-9/h2-6H,7-8H2,1H3,(H,16,17). The van der Waals surface area contributed by atoms with Crippen molar-refractivity contribution in [3.8, 4) is 5.69 Å². The van der Waals surface area contributed by atoms with E-state index >= 15 is 0 Å². The van der Waals surface area contributed by atoms with Crippen molar-refractivity contribution in [3.63, 3.8) is 0 Å². The second-order valence-corrected chi connectivity index (χ2v) is 5.49. The third-order valence-electron chi connectivity index (χ3n) is 2.31. The summed E-state index contributed by atoms with van der Waals surface area (Å²) in [5, 5.41) is 17.6. The van der Waals surface area contributed by atoms with Crippen molar-refractivity contribution in [2.45, 2.75) is 10.9 Å². The summed E-state index contributed by atoms with van der Waals surface area (Å²) in [5.74, 6) is 0.672. The molecule has 7 heteroatoms. The Bertz CT molecular complexity index is 557. The zero-order valence-corrected chi connectivity index (χ0v) is 11.9. The molecule has 1 aromatic carbocycles. The first-order valence-electron chi connectivity index (χ1n) is 5.55. The summed E-state index contributed by atoms with van der Waals surface area (Å²) < 4.78 is 1.91. The summed E-state index contributed by atoms with van der Waals surface area (Å²) in [7, 11) is 0. The summed E-state index contributed by atoms with van der Waals surface area (Å²) in [6.45, 7) is 0. The maximum atomic E-state index is 10.7. The molecule has 0 aliphatic rings. The number of hydrogen-bond acceptors (Lipinski definition) is 5. The zero-order valence-electron chi connectivity index (χ0n) is 10.3. The lowest BCUT2D eigenvalue weighted by atomic mass is 10.3. The van der Waals surface area contributed by atoms with E-state index in [4.69, 9.17) is 5.11 Å². The van der Waals surface area contributed by atoms with Gasteiger partial charge in [-0.25, -0.2) is 0 Å². The number of aliphatic carboxylic acids is 1. The van der Waals surface area contributed by atoms with Gasteiger partial charge in [0, 0.05) is 5.69 Å². The Labute approximate surface area is 119 Å². The first kappa shape index (κ1) is 14.0. The molecule has 5 nitrogen and oxygen atoms in total. The molecule has 0 bridgehead atoms. The first-order chi connectivity index (χ1) is 9.22. The monoisotopic (exact) mass is 295 g/mol. The summed E-state index contributed by atoms with van der Waals surface area (Å²) in [6.07, 6.45) is 1.99. The minimum Gasteiger partial charge on any atom is -0.481 e. The van der Waals surface area contributed by atoms with Gasteiger partial charge in [0.1, 0.15) is 5.82 Å². The number of benzene rings is 1. The third-order valence-corrected chi connectivity index (χ3v) is 3.77. The summed E-state index contributed by atoms with van der Waals surface area (Å²) in [4.78, 5) is 10.7. The number of carbonyl (C=O) groups is 1. The van der Waals surface area contributed by atoms with Gasteiger partial charge in [-0.05, 0) is 18.4 Å².